The Kier molecular flexibility index (Phi) is 3.32. The molecule has 0 bridgehead atoms. The molecule has 0 amide bonds. The van der Waals surface area contributed by atoms with Crippen molar-refractivity contribution in [3.05, 3.63) is 18.5 Å². The highest BCUT2D eigenvalue weighted by atomic mass is 15.0. The Morgan fingerprint density at radius 1 is 1.12 bits per heavy atom. The number of nitrogens with one attached hydrogen (secondary N) is 2. The molecule has 2 rings (SSSR count). The van der Waals surface area contributed by atoms with Crippen LogP contribution in [-0.2, 0) is 0 Å². The van der Waals surface area contributed by atoms with Gasteiger partial charge >= 0.3 is 0 Å². The van der Waals surface area contributed by atoms with Crippen LogP contribution in [-0.4, -0.2) is 17.6 Å². The fourth-order valence-electron chi connectivity index (χ4n) is 2.45. The molecule has 0 unspecified atom stereocenters. The van der Waals surface area contributed by atoms with Gasteiger partial charge < -0.3 is 10.6 Å². The van der Waals surface area contributed by atoms with Crippen molar-refractivity contribution in [1.29, 1.82) is 0 Å². The number of aromatic nitrogens is 1. The summed E-state index contributed by atoms with van der Waals surface area (Å²) in [5, 5.41) is 6.74. The standard InChI is InChI=1S/C13H21N3/c1-13(6-4-3-5-7-13)16-12-8-11(14-2)9-15-10-12/h8-10,14,16H,3-7H2,1-2H3. The minimum atomic E-state index is 0.256. The molecule has 3 heteroatoms. The quantitative estimate of drug-likeness (QED) is 0.819. The van der Waals surface area contributed by atoms with Gasteiger partial charge in [0.1, 0.15) is 0 Å². The lowest BCUT2D eigenvalue weighted by atomic mass is 9.83. The molecule has 1 aromatic heterocycles. The molecule has 88 valence electrons. The molecule has 3 nitrogen and oxygen atoms in total. The van der Waals surface area contributed by atoms with E-state index in [1.54, 1.807) is 0 Å². The highest BCUT2D eigenvalue weighted by Gasteiger charge is 2.26. The van der Waals surface area contributed by atoms with Crippen molar-refractivity contribution >= 4 is 11.4 Å². The maximum absolute atomic E-state index is 4.23. The van der Waals surface area contributed by atoms with Gasteiger partial charge in [0.25, 0.3) is 0 Å². The number of nitrogens with zero attached hydrogens (tertiary/aromatic N) is 1. The summed E-state index contributed by atoms with van der Waals surface area (Å²) >= 11 is 0. The van der Waals surface area contributed by atoms with Gasteiger partial charge in [-0.1, -0.05) is 19.3 Å². The van der Waals surface area contributed by atoms with Crippen molar-refractivity contribution in [3.8, 4) is 0 Å². The Balaban J connectivity index is 2.07. The second-order valence-corrected chi connectivity index (χ2v) is 4.96. The second kappa shape index (κ2) is 4.73. The Hall–Kier alpha value is -1.25. The first-order valence-electron chi connectivity index (χ1n) is 6.13. The Morgan fingerprint density at radius 3 is 2.50 bits per heavy atom. The van der Waals surface area contributed by atoms with Gasteiger partial charge in [0.05, 0.1) is 23.8 Å². The van der Waals surface area contributed by atoms with E-state index < -0.39 is 0 Å². The van der Waals surface area contributed by atoms with Crippen LogP contribution in [0.15, 0.2) is 18.5 Å². The lowest BCUT2D eigenvalue weighted by Gasteiger charge is -2.35. The number of hydrogen-bond acceptors (Lipinski definition) is 3. The molecule has 0 aliphatic heterocycles. The van der Waals surface area contributed by atoms with Gasteiger partial charge in [-0.05, 0) is 25.8 Å². The van der Waals surface area contributed by atoms with Crippen LogP contribution >= 0.6 is 0 Å². The van der Waals surface area contributed by atoms with Gasteiger partial charge in [0.2, 0.25) is 0 Å². The fraction of sp³-hybridized carbons (Fsp3) is 0.615. The summed E-state index contributed by atoms with van der Waals surface area (Å²) in [7, 11) is 1.92. The smallest absolute Gasteiger partial charge is 0.0551 e. The Morgan fingerprint density at radius 2 is 1.81 bits per heavy atom. The van der Waals surface area contributed by atoms with Gasteiger partial charge in [-0.15, -0.1) is 0 Å². The molecule has 1 fully saturated rings. The molecule has 1 heterocycles. The van der Waals surface area contributed by atoms with Crippen molar-refractivity contribution in [1.82, 2.24) is 4.98 Å². The van der Waals surface area contributed by atoms with E-state index in [-0.39, 0.29) is 5.54 Å². The predicted octanol–water partition coefficient (Wildman–Crippen LogP) is 3.26. The Bertz CT molecular complexity index is 343. The first-order valence-corrected chi connectivity index (χ1v) is 6.13. The Labute approximate surface area is 97.7 Å². The number of pyridine rings is 1. The summed E-state index contributed by atoms with van der Waals surface area (Å²) in [6.07, 6.45) is 10.3. The molecule has 16 heavy (non-hydrogen) atoms. The molecule has 0 radical (unpaired) electrons. The largest absolute Gasteiger partial charge is 0.387 e. The minimum absolute atomic E-state index is 0.256. The monoisotopic (exact) mass is 219 g/mol. The fourth-order valence-corrected chi connectivity index (χ4v) is 2.45. The lowest BCUT2D eigenvalue weighted by Crippen LogP contribution is -2.36. The molecule has 1 aromatic rings. The van der Waals surface area contributed by atoms with Gasteiger partial charge in [-0.25, -0.2) is 0 Å². The van der Waals surface area contributed by atoms with E-state index >= 15 is 0 Å². The van der Waals surface area contributed by atoms with Crippen molar-refractivity contribution in [2.24, 2.45) is 0 Å². The van der Waals surface area contributed by atoms with Crippen LogP contribution in [0.2, 0.25) is 0 Å². The lowest BCUT2D eigenvalue weighted by molar-refractivity contribution is 0.349. The molecule has 1 aliphatic carbocycles. The van der Waals surface area contributed by atoms with Crippen LogP contribution in [0.5, 0.6) is 0 Å². The maximum Gasteiger partial charge on any atom is 0.0551 e. The second-order valence-electron chi connectivity index (χ2n) is 4.96. The van der Waals surface area contributed by atoms with Crippen LogP contribution in [0.1, 0.15) is 39.0 Å². The van der Waals surface area contributed by atoms with E-state index in [9.17, 15) is 0 Å². The van der Waals surface area contributed by atoms with Gasteiger partial charge in [-0.3, -0.25) is 4.98 Å². The summed E-state index contributed by atoms with van der Waals surface area (Å²) in [5.74, 6) is 0. The molecule has 0 spiro atoms. The third-order valence-corrected chi connectivity index (χ3v) is 3.43. The molecular weight excluding hydrogens is 198 g/mol. The third-order valence-electron chi connectivity index (χ3n) is 3.43. The van der Waals surface area contributed by atoms with Crippen LogP contribution in [0.3, 0.4) is 0 Å². The minimum Gasteiger partial charge on any atom is -0.387 e. The zero-order valence-electron chi connectivity index (χ0n) is 10.2. The highest BCUT2D eigenvalue weighted by molar-refractivity contribution is 5.54. The van der Waals surface area contributed by atoms with E-state index in [0.29, 0.717) is 0 Å². The summed E-state index contributed by atoms with van der Waals surface area (Å²) in [5.41, 5.74) is 2.44. The van der Waals surface area contributed by atoms with Crippen molar-refractivity contribution in [3.63, 3.8) is 0 Å². The number of hydrogen-bond donors (Lipinski definition) is 2. The molecule has 0 atom stereocenters. The van der Waals surface area contributed by atoms with E-state index in [2.05, 4.69) is 28.6 Å². The molecular formula is C13H21N3. The highest BCUT2D eigenvalue weighted by Crippen LogP contribution is 2.31. The van der Waals surface area contributed by atoms with Crippen LogP contribution in [0.25, 0.3) is 0 Å². The van der Waals surface area contributed by atoms with E-state index in [1.165, 1.54) is 32.1 Å². The average Bonchev–Trinajstić information content (AvgIpc) is 2.29. The summed E-state index contributed by atoms with van der Waals surface area (Å²) in [4.78, 5) is 4.23. The predicted molar refractivity (Wildman–Crippen MR) is 68.9 cm³/mol. The summed E-state index contributed by atoms with van der Waals surface area (Å²) < 4.78 is 0. The van der Waals surface area contributed by atoms with Crippen molar-refractivity contribution in [2.45, 2.75) is 44.6 Å². The first-order chi connectivity index (χ1) is 7.72. The molecule has 0 aromatic carbocycles. The van der Waals surface area contributed by atoms with Gasteiger partial charge in [-0.2, -0.15) is 0 Å². The molecule has 2 N–H and O–H groups in total. The van der Waals surface area contributed by atoms with E-state index in [0.717, 1.165) is 11.4 Å². The molecule has 0 saturated heterocycles. The number of rotatable bonds is 3. The van der Waals surface area contributed by atoms with Crippen molar-refractivity contribution in [2.75, 3.05) is 17.7 Å². The third kappa shape index (κ3) is 2.65. The molecule has 1 saturated carbocycles. The van der Waals surface area contributed by atoms with Crippen LogP contribution < -0.4 is 10.6 Å². The van der Waals surface area contributed by atoms with Gasteiger partial charge in [0.15, 0.2) is 0 Å². The average molecular weight is 219 g/mol. The topological polar surface area (TPSA) is 37.0 Å². The normalized spacial score (nSPS) is 19.1. The van der Waals surface area contributed by atoms with E-state index in [4.69, 9.17) is 0 Å². The first kappa shape index (κ1) is 11.2. The van der Waals surface area contributed by atoms with E-state index in [1.807, 2.05) is 19.4 Å². The zero-order valence-corrected chi connectivity index (χ0v) is 10.2. The maximum atomic E-state index is 4.23. The molecule has 1 aliphatic rings. The zero-order chi connectivity index (χ0) is 11.4. The van der Waals surface area contributed by atoms with Crippen LogP contribution in [0.4, 0.5) is 11.4 Å². The van der Waals surface area contributed by atoms with Gasteiger partial charge in [0, 0.05) is 12.6 Å². The summed E-state index contributed by atoms with van der Waals surface area (Å²) in [6.45, 7) is 2.32. The number of anilines is 2. The van der Waals surface area contributed by atoms with Crippen molar-refractivity contribution < 1.29 is 0 Å². The summed E-state index contributed by atoms with van der Waals surface area (Å²) in [6, 6.07) is 2.12. The SMILES string of the molecule is CNc1cncc(NC2(C)CCCCC2)c1. The van der Waals surface area contributed by atoms with Crippen LogP contribution in [0, 0.1) is 0 Å².